The first kappa shape index (κ1) is 20.6. The van der Waals surface area contributed by atoms with Crippen LogP contribution in [-0.4, -0.2) is 51.8 Å². The average Bonchev–Trinajstić information content (AvgIpc) is 3.24. The maximum Gasteiger partial charge on any atom is 0.276 e. The van der Waals surface area contributed by atoms with E-state index in [0.717, 1.165) is 39.4 Å². The Kier molecular flexibility index (Phi) is 5.38. The van der Waals surface area contributed by atoms with Crippen molar-refractivity contribution in [2.75, 3.05) is 31.1 Å². The highest BCUT2D eigenvalue weighted by Crippen LogP contribution is 2.33. The van der Waals surface area contributed by atoms with Crippen LogP contribution in [0.5, 0.6) is 0 Å². The molecule has 7 nitrogen and oxygen atoms in total. The summed E-state index contributed by atoms with van der Waals surface area (Å²) in [5.74, 6) is 0.885. The fraction of sp³-hybridized carbons (Fsp3) is 0.333. The summed E-state index contributed by atoms with van der Waals surface area (Å²) in [6, 6.07) is 13.2. The van der Waals surface area contributed by atoms with Gasteiger partial charge >= 0.3 is 0 Å². The minimum absolute atomic E-state index is 0.0407. The molecule has 0 saturated carbocycles. The van der Waals surface area contributed by atoms with Gasteiger partial charge in [0.25, 0.3) is 5.56 Å². The molecule has 1 unspecified atom stereocenters. The number of hydrogen-bond donors (Lipinski definition) is 0. The van der Waals surface area contributed by atoms with E-state index in [0.29, 0.717) is 24.9 Å². The number of piperazine rings is 1. The van der Waals surface area contributed by atoms with Crippen LogP contribution in [-0.2, 0) is 4.79 Å². The highest BCUT2D eigenvalue weighted by atomic mass is 32.1. The first-order valence-electron chi connectivity index (χ1n) is 10.9. The molecule has 164 valence electrons. The van der Waals surface area contributed by atoms with Gasteiger partial charge in [0, 0.05) is 42.5 Å². The van der Waals surface area contributed by atoms with Gasteiger partial charge in [-0.15, -0.1) is 11.3 Å². The van der Waals surface area contributed by atoms with Gasteiger partial charge in [0.05, 0.1) is 15.8 Å². The summed E-state index contributed by atoms with van der Waals surface area (Å²) in [5, 5.41) is 6.20. The summed E-state index contributed by atoms with van der Waals surface area (Å²) >= 11 is 1.58. The van der Waals surface area contributed by atoms with Gasteiger partial charge in [-0.2, -0.15) is 5.10 Å². The molecule has 1 aromatic carbocycles. The number of aryl methyl sites for hydroxylation is 1. The van der Waals surface area contributed by atoms with Crippen molar-refractivity contribution in [2.24, 2.45) is 0 Å². The van der Waals surface area contributed by atoms with Crippen molar-refractivity contribution < 1.29 is 4.79 Å². The molecule has 3 aromatic heterocycles. The number of amides is 1. The summed E-state index contributed by atoms with van der Waals surface area (Å²) in [6.07, 6.45) is 2.30. The molecule has 4 heterocycles. The highest BCUT2D eigenvalue weighted by Gasteiger charge is 2.30. The van der Waals surface area contributed by atoms with Crippen LogP contribution in [0.1, 0.15) is 25.1 Å². The molecule has 32 heavy (non-hydrogen) atoms. The quantitative estimate of drug-likeness (QED) is 0.478. The van der Waals surface area contributed by atoms with E-state index in [1.54, 1.807) is 17.5 Å². The number of carbonyl (C=O) groups excluding carboxylic acids is 1. The van der Waals surface area contributed by atoms with Crippen LogP contribution < -0.4 is 10.5 Å². The highest BCUT2D eigenvalue weighted by molar-refractivity contribution is 7.26. The van der Waals surface area contributed by atoms with Gasteiger partial charge in [-0.05, 0) is 31.5 Å². The first-order chi connectivity index (χ1) is 15.6. The minimum Gasteiger partial charge on any atom is -0.353 e. The number of hydrogen-bond acceptors (Lipinski definition) is 6. The smallest absolute Gasteiger partial charge is 0.276 e. The molecule has 4 aromatic rings. The van der Waals surface area contributed by atoms with Crippen molar-refractivity contribution in [2.45, 2.75) is 26.3 Å². The van der Waals surface area contributed by atoms with Gasteiger partial charge < -0.3 is 9.80 Å². The van der Waals surface area contributed by atoms with Crippen molar-refractivity contribution in [1.82, 2.24) is 19.7 Å². The third-order valence-corrected chi connectivity index (χ3v) is 7.41. The first-order valence-corrected chi connectivity index (χ1v) is 11.8. The Balaban J connectivity index is 1.45. The standard InChI is InChI=1S/C24H25N5O2S/c1-3-18(23(30)28-14-12-27(13-15-28)20-10-6-7-11-25-20)29-24(31)21-17-8-4-5-9-19(17)32-22(21)16(2)26-29/h4-11,18H,3,12-15H2,1-2H3. The second-order valence-corrected chi connectivity index (χ2v) is 9.11. The Bertz CT molecular complexity index is 1340. The summed E-state index contributed by atoms with van der Waals surface area (Å²) in [7, 11) is 0. The number of aromatic nitrogens is 3. The van der Waals surface area contributed by atoms with Crippen LogP contribution >= 0.6 is 11.3 Å². The van der Waals surface area contributed by atoms with Crippen molar-refractivity contribution in [3.63, 3.8) is 0 Å². The third kappa shape index (κ3) is 3.44. The van der Waals surface area contributed by atoms with Gasteiger partial charge in [0.1, 0.15) is 11.9 Å². The van der Waals surface area contributed by atoms with E-state index in [2.05, 4.69) is 15.0 Å². The molecule has 0 aliphatic carbocycles. The van der Waals surface area contributed by atoms with Crippen LogP contribution in [0.3, 0.4) is 0 Å². The predicted octanol–water partition coefficient (Wildman–Crippen LogP) is 3.61. The van der Waals surface area contributed by atoms with Gasteiger partial charge in [-0.1, -0.05) is 31.2 Å². The summed E-state index contributed by atoms with van der Waals surface area (Å²) in [5.41, 5.74) is 0.599. The predicted molar refractivity (Wildman–Crippen MR) is 128 cm³/mol. The zero-order chi connectivity index (χ0) is 22.2. The molecular formula is C24H25N5O2S. The van der Waals surface area contributed by atoms with Crippen LogP contribution in [0.4, 0.5) is 5.82 Å². The fourth-order valence-corrected chi connectivity index (χ4v) is 5.58. The number of carbonyl (C=O) groups is 1. The number of anilines is 1. The number of rotatable bonds is 4. The topological polar surface area (TPSA) is 71.3 Å². The summed E-state index contributed by atoms with van der Waals surface area (Å²) < 4.78 is 3.38. The maximum absolute atomic E-state index is 13.5. The van der Waals surface area contributed by atoms with Crippen molar-refractivity contribution in [1.29, 1.82) is 0 Å². The number of benzene rings is 1. The number of pyridine rings is 1. The fourth-order valence-electron chi connectivity index (χ4n) is 4.45. The number of nitrogens with zero attached hydrogens (tertiary/aromatic N) is 5. The Labute approximate surface area is 189 Å². The van der Waals surface area contributed by atoms with E-state index in [4.69, 9.17) is 0 Å². The molecule has 1 saturated heterocycles. The molecule has 1 amide bonds. The largest absolute Gasteiger partial charge is 0.353 e. The number of thiophene rings is 1. The van der Waals surface area contributed by atoms with Crippen LogP contribution in [0.15, 0.2) is 53.5 Å². The van der Waals surface area contributed by atoms with Crippen molar-refractivity contribution in [3.8, 4) is 0 Å². The third-order valence-electron chi connectivity index (χ3n) is 6.14. The monoisotopic (exact) mass is 447 g/mol. The Hall–Kier alpha value is -3.26. The lowest BCUT2D eigenvalue weighted by molar-refractivity contribution is -0.135. The average molecular weight is 448 g/mol. The Morgan fingerprint density at radius 1 is 1.09 bits per heavy atom. The van der Waals surface area contributed by atoms with Crippen molar-refractivity contribution in [3.05, 3.63) is 64.7 Å². The van der Waals surface area contributed by atoms with Crippen molar-refractivity contribution >= 4 is 43.2 Å². The second-order valence-electron chi connectivity index (χ2n) is 8.06. The molecule has 5 rings (SSSR count). The summed E-state index contributed by atoms with van der Waals surface area (Å²) in [6.45, 7) is 6.48. The molecule has 1 aliphatic heterocycles. The van der Waals surface area contributed by atoms with E-state index in [1.807, 2.05) is 61.2 Å². The van der Waals surface area contributed by atoms with E-state index in [1.165, 1.54) is 4.68 Å². The molecule has 8 heteroatoms. The minimum atomic E-state index is -0.606. The van der Waals surface area contributed by atoms with E-state index < -0.39 is 6.04 Å². The molecule has 1 atom stereocenters. The van der Waals surface area contributed by atoms with Gasteiger partial charge in [-0.25, -0.2) is 9.67 Å². The van der Waals surface area contributed by atoms with E-state index in [9.17, 15) is 9.59 Å². The van der Waals surface area contributed by atoms with Gasteiger partial charge in [-0.3, -0.25) is 9.59 Å². The lowest BCUT2D eigenvalue weighted by Crippen LogP contribution is -2.51. The molecule has 0 radical (unpaired) electrons. The molecule has 0 N–H and O–H groups in total. The Morgan fingerprint density at radius 3 is 2.56 bits per heavy atom. The van der Waals surface area contributed by atoms with Crippen LogP contribution in [0.2, 0.25) is 0 Å². The van der Waals surface area contributed by atoms with Gasteiger partial charge in [0.2, 0.25) is 5.91 Å². The molecule has 0 spiro atoms. The molecule has 1 fully saturated rings. The number of fused-ring (bicyclic) bond motifs is 3. The molecule has 1 aliphatic rings. The molecule has 0 bridgehead atoms. The zero-order valence-electron chi connectivity index (χ0n) is 18.2. The maximum atomic E-state index is 13.5. The lowest BCUT2D eigenvalue weighted by Gasteiger charge is -2.37. The van der Waals surface area contributed by atoms with Crippen LogP contribution in [0, 0.1) is 6.92 Å². The summed E-state index contributed by atoms with van der Waals surface area (Å²) in [4.78, 5) is 35.4. The van der Waals surface area contributed by atoms with Crippen LogP contribution in [0.25, 0.3) is 20.2 Å². The van der Waals surface area contributed by atoms with E-state index >= 15 is 0 Å². The SMILES string of the molecule is CCC(C(=O)N1CCN(c2ccccn2)CC1)n1nc(C)c2sc3ccccc3c2c1=O. The Morgan fingerprint density at radius 2 is 1.84 bits per heavy atom. The van der Waals surface area contributed by atoms with E-state index in [-0.39, 0.29) is 11.5 Å². The normalized spacial score (nSPS) is 15.4. The van der Waals surface area contributed by atoms with Gasteiger partial charge in [0.15, 0.2) is 0 Å². The second kappa shape index (κ2) is 8.35. The zero-order valence-corrected chi connectivity index (χ0v) is 19.0. The molecular weight excluding hydrogens is 422 g/mol. The lowest BCUT2D eigenvalue weighted by atomic mass is 10.1.